The summed E-state index contributed by atoms with van der Waals surface area (Å²) in [6, 6.07) is -0.776. The molecule has 4 amide bonds. The lowest BCUT2D eigenvalue weighted by atomic mass is 10.2. The number of carboxylic acid groups (broad SMARTS) is 1. The smallest absolute Gasteiger partial charge is 0.330 e. The SMILES string of the molecule is O=C(O)CCCN1C(=O)CC(=O)NC1=O. The molecule has 0 atom stereocenters. The van der Waals surface area contributed by atoms with Crippen LogP contribution in [0.4, 0.5) is 4.79 Å². The maximum absolute atomic E-state index is 11.2. The quantitative estimate of drug-likeness (QED) is 0.603. The molecule has 1 fully saturated rings. The molecule has 1 heterocycles. The first-order valence-corrected chi connectivity index (χ1v) is 4.36. The van der Waals surface area contributed by atoms with Gasteiger partial charge in [-0.05, 0) is 6.42 Å². The normalized spacial score (nSPS) is 16.5. The Labute approximate surface area is 85.0 Å². The Bertz CT molecular complexity index is 305. The second kappa shape index (κ2) is 4.54. The summed E-state index contributed by atoms with van der Waals surface area (Å²) in [5, 5.41) is 10.3. The van der Waals surface area contributed by atoms with Gasteiger partial charge in [-0.3, -0.25) is 24.6 Å². The molecule has 0 unspecified atom stereocenters. The van der Waals surface area contributed by atoms with E-state index >= 15 is 0 Å². The molecule has 0 saturated carbocycles. The second-order valence-corrected chi connectivity index (χ2v) is 3.07. The first-order chi connectivity index (χ1) is 7.00. The summed E-state index contributed by atoms with van der Waals surface area (Å²) < 4.78 is 0. The number of barbiturate groups is 1. The van der Waals surface area contributed by atoms with Gasteiger partial charge in [-0.25, -0.2) is 4.79 Å². The van der Waals surface area contributed by atoms with Crippen LogP contribution in [0.25, 0.3) is 0 Å². The Kier molecular flexibility index (Phi) is 3.37. The van der Waals surface area contributed by atoms with E-state index in [1.807, 2.05) is 5.32 Å². The number of hydrogen-bond donors (Lipinski definition) is 2. The van der Waals surface area contributed by atoms with Crippen molar-refractivity contribution in [2.45, 2.75) is 19.3 Å². The Morgan fingerprint density at radius 1 is 1.40 bits per heavy atom. The Morgan fingerprint density at radius 3 is 2.60 bits per heavy atom. The predicted octanol–water partition coefficient (Wildman–Crippen LogP) is -0.680. The topological polar surface area (TPSA) is 104 Å². The van der Waals surface area contributed by atoms with Crippen LogP contribution in [0.1, 0.15) is 19.3 Å². The highest BCUT2D eigenvalue weighted by Crippen LogP contribution is 2.04. The van der Waals surface area contributed by atoms with Crippen molar-refractivity contribution in [1.29, 1.82) is 0 Å². The molecule has 1 saturated heterocycles. The molecule has 0 aromatic carbocycles. The standard InChI is InChI=1S/C8H10N2O5/c11-5-4-6(12)10(8(15)9-5)3-1-2-7(13)14/h1-4H2,(H,13,14)(H,9,11,15). The van der Waals surface area contributed by atoms with Gasteiger partial charge in [-0.1, -0.05) is 0 Å². The van der Waals surface area contributed by atoms with Crippen molar-refractivity contribution in [2.24, 2.45) is 0 Å². The highest BCUT2D eigenvalue weighted by molar-refractivity contribution is 6.14. The second-order valence-electron chi connectivity index (χ2n) is 3.07. The lowest BCUT2D eigenvalue weighted by molar-refractivity contribution is -0.139. The molecule has 0 radical (unpaired) electrons. The van der Waals surface area contributed by atoms with E-state index < -0.39 is 23.8 Å². The zero-order chi connectivity index (χ0) is 11.4. The zero-order valence-corrected chi connectivity index (χ0v) is 7.86. The number of nitrogens with one attached hydrogen (secondary N) is 1. The minimum absolute atomic E-state index is 0.0181. The number of carboxylic acids is 1. The van der Waals surface area contributed by atoms with Gasteiger partial charge in [0.2, 0.25) is 11.8 Å². The van der Waals surface area contributed by atoms with Crippen molar-refractivity contribution in [3.63, 3.8) is 0 Å². The van der Waals surface area contributed by atoms with Crippen LogP contribution in [0.5, 0.6) is 0 Å². The highest BCUT2D eigenvalue weighted by Gasteiger charge is 2.30. The van der Waals surface area contributed by atoms with Crippen molar-refractivity contribution in [3.8, 4) is 0 Å². The molecular weight excluding hydrogens is 204 g/mol. The molecule has 0 aromatic rings. The number of carbonyl (C=O) groups excluding carboxylic acids is 3. The van der Waals surface area contributed by atoms with Crippen LogP contribution in [-0.2, 0) is 14.4 Å². The van der Waals surface area contributed by atoms with Crippen molar-refractivity contribution >= 4 is 23.8 Å². The van der Waals surface area contributed by atoms with E-state index in [1.54, 1.807) is 0 Å². The van der Waals surface area contributed by atoms with Crippen LogP contribution in [-0.4, -0.2) is 40.4 Å². The average Bonchev–Trinajstić information content (AvgIpc) is 2.08. The highest BCUT2D eigenvalue weighted by atomic mass is 16.4. The molecule has 0 aromatic heterocycles. The van der Waals surface area contributed by atoms with E-state index in [4.69, 9.17) is 5.11 Å². The van der Waals surface area contributed by atoms with Gasteiger partial charge in [-0.15, -0.1) is 0 Å². The Hall–Kier alpha value is -1.92. The number of hydrogen-bond acceptors (Lipinski definition) is 4. The van der Waals surface area contributed by atoms with E-state index in [1.165, 1.54) is 0 Å². The maximum atomic E-state index is 11.2. The van der Waals surface area contributed by atoms with Crippen LogP contribution in [0.2, 0.25) is 0 Å². The number of rotatable bonds is 4. The van der Waals surface area contributed by atoms with E-state index in [0.29, 0.717) is 0 Å². The molecule has 1 rings (SSSR count). The molecular formula is C8H10N2O5. The van der Waals surface area contributed by atoms with E-state index in [-0.39, 0.29) is 25.8 Å². The molecule has 1 aliphatic heterocycles. The van der Waals surface area contributed by atoms with Gasteiger partial charge < -0.3 is 5.11 Å². The molecule has 1 aliphatic rings. The van der Waals surface area contributed by atoms with E-state index in [2.05, 4.69) is 0 Å². The third-order valence-electron chi connectivity index (χ3n) is 1.88. The number of aliphatic carboxylic acids is 1. The minimum atomic E-state index is -0.990. The van der Waals surface area contributed by atoms with Crippen LogP contribution < -0.4 is 5.32 Å². The van der Waals surface area contributed by atoms with Gasteiger partial charge in [0.15, 0.2) is 0 Å². The first-order valence-electron chi connectivity index (χ1n) is 4.36. The average molecular weight is 214 g/mol. The molecule has 15 heavy (non-hydrogen) atoms. The van der Waals surface area contributed by atoms with E-state index in [0.717, 1.165) is 4.90 Å². The fourth-order valence-electron chi connectivity index (χ4n) is 1.19. The summed E-state index contributed by atoms with van der Waals surface area (Å²) in [6.45, 7) is 0.0181. The van der Waals surface area contributed by atoms with Gasteiger partial charge >= 0.3 is 12.0 Å². The lowest BCUT2D eigenvalue weighted by Crippen LogP contribution is -2.52. The summed E-state index contributed by atoms with van der Waals surface area (Å²) in [5.41, 5.74) is 0. The van der Waals surface area contributed by atoms with Gasteiger partial charge in [0.25, 0.3) is 0 Å². The van der Waals surface area contributed by atoms with Gasteiger partial charge in [0.1, 0.15) is 6.42 Å². The summed E-state index contributed by atoms with van der Waals surface area (Å²) in [4.78, 5) is 44.1. The Morgan fingerprint density at radius 2 is 2.07 bits per heavy atom. The summed E-state index contributed by atoms with van der Waals surface area (Å²) in [6.07, 6.45) is -0.299. The summed E-state index contributed by atoms with van der Waals surface area (Å²) in [5.74, 6) is -2.20. The molecule has 0 bridgehead atoms. The van der Waals surface area contributed by atoms with Crippen molar-refractivity contribution in [2.75, 3.05) is 6.54 Å². The lowest BCUT2D eigenvalue weighted by Gasteiger charge is -2.24. The van der Waals surface area contributed by atoms with Crippen LogP contribution in [0, 0.1) is 0 Å². The summed E-state index contributed by atoms with van der Waals surface area (Å²) in [7, 11) is 0. The number of urea groups is 1. The van der Waals surface area contributed by atoms with Crippen LogP contribution in [0.3, 0.4) is 0 Å². The number of nitrogens with zero attached hydrogens (tertiary/aromatic N) is 1. The number of carbonyl (C=O) groups is 4. The third-order valence-corrected chi connectivity index (χ3v) is 1.88. The predicted molar refractivity (Wildman–Crippen MR) is 46.7 cm³/mol. The summed E-state index contributed by atoms with van der Waals surface area (Å²) >= 11 is 0. The van der Waals surface area contributed by atoms with Crippen molar-refractivity contribution < 1.29 is 24.3 Å². The van der Waals surface area contributed by atoms with Crippen LogP contribution >= 0.6 is 0 Å². The minimum Gasteiger partial charge on any atom is -0.481 e. The van der Waals surface area contributed by atoms with E-state index in [9.17, 15) is 19.2 Å². The fourth-order valence-corrected chi connectivity index (χ4v) is 1.19. The van der Waals surface area contributed by atoms with Crippen molar-refractivity contribution in [3.05, 3.63) is 0 Å². The Balaban J connectivity index is 2.46. The molecule has 0 aliphatic carbocycles. The third kappa shape index (κ3) is 3.04. The molecule has 82 valence electrons. The molecule has 7 heteroatoms. The largest absolute Gasteiger partial charge is 0.481 e. The molecule has 7 nitrogen and oxygen atoms in total. The zero-order valence-electron chi connectivity index (χ0n) is 7.86. The number of imide groups is 2. The maximum Gasteiger partial charge on any atom is 0.330 e. The van der Waals surface area contributed by atoms with Crippen LogP contribution in [0.15, 0.2) is 0 Å². The van der Waals surface area contributed by atoms with Gasteiger partial charge in [-0.2, -0.15) is 0 Å². The first kappa shape index (κ1) is 11.2. The molecule has 2 N–H and O–H groups in total. The van der Waals surface area contributed by atoms with Gasteiger partial charge in [0.05, 0.1) is 0 Å². The van der Waals surface area contributed by atoms with Crippen molar-refractivity contribution in [1.82, 2.24) is 10.2 Å². The fraction of sp³-hybridized carbons (Fsp3) is 0.500. The monoisotopic (exact) mass is 214 g/mol. The van der Waals surface area contributed by atoms with Gasteiger partial charge in [0, 0.05) is 13.0 Å². The molecule has 0 spiro atoms. The number of amides is 4.